The van der Waals surface area contributed by atoms with Gasteiger partial charge in [0.2, 0.25) is 0 Å². The molecule has 6 nitrogen and oxygen atoms in total. The standard InChI is InChI=1S/C29H30N4O2/c1-20-17-21(2)29(22(3)18-20)35-19-28(34)33-15-13-32(14-16-33)27-12-11-26(30-31-27)25-10-6-8-23-7-4-5-9-24(23)25/h4-12,17-18H,13-16,19H2,1-3H3. The number of hydrogen-bond donors (Lipinski definition) is 0. The molecule has 35 heavy (non-hydrogen) atoms. The third-order valence-electron chi connectivity index (χ3n) is 6.62. The van der Waals surface area contributed by atoms with Crippen molar-refractivity contribution in [2.45, 2.75) is 20.8 Å². The second-order valence-electron chi connectivity index (χ2n) is 9.19. The van der Waals surface area contributed by atoms with E-state index in [4.69, 9.17) is 4.74 Å². The quantitative estimate of drug-likeness (QED) is 0.417. The summed E-state index contributed by atoms with van der Waals surface area (Å²) in [7, 11) is 0. The highest BCUT2D eigenvalue weighted by atomic mass is 16.5. The van der Waals surface area contributed by atoms with Crippen LogP contribution in [0.25, 0.3) is 22.0 Å². The third-order valence-corrected chi connectivity index (χ3v) is 6.62. The van der Waals surface area contributed by atoms with Gasteiger partial charge in [-0.15, -0.1) is 10.2 Å². The zero-order chi connectivity index (χ0) is 24.4. The monoisotopic (exact) mass is 466 g/mol. The molecule has 0 N–H and O–H groups in total. The molecule has 0 aliphatic carbocycles. The molecule has 0 atom stereocenters. The van der Waals surface area contributed by atoms with Crippen LogP contribution in [0.15, 0.2) is 66.7 Å². The van der Waals surface area contributed by atoms with Crippen molar-refractivity contribution < 1.29 is 9.53 Å². The zero-order valence-electron chi connectivity index (χ0n) is 20.5. The molecule has 178 valence electrons. The first-order valence-electron chi connectivity index (χ1n) is 12.0. The number of piperazine rings is 1. The van der Waals surface area contributed by atoms with Gasteiger partial charge in [0.1, 0.15) is 5.75 Å². The van der Waals surface area contributed by atoms with Gasteiger partial charge in [-0.3, -0.25) is 4.79 Å². The third kappa shape index (κ3) is 4.83. The maximum Gasteiger partial charge on any atom is 0.260 e. The zero-order valence-corrected chi connectivity index (χ0v) is 20.5. The number of nitrogens with zero attached hydrogens (tertiary/aromatic N) is 4. The van der Waals surface area contributed by atoms with Crippen LogP contribution in [0.3, 0.4) is 0 Å². The molecular weight excluding hydrogens is 436 g/mol. The van der Waals surface area contributed by atoms with Crippen LogP contribution in [0.5, 0.6) is 5.75 Å². The minimum Gasteiger partial charge on any atom is -0.483 e. The Morgan fingerprint density at radius 3 is 2.29 bits per heavy atom. The minimum atomic E-state index is 0.0152. The second-order valence-corrected chi connectivity index (χ2v) is 9.19. The summed E-state index contributed by atoms with van der Waals surface area (Å²) in [4.78, 5) is 16.8. The number of aryl methyl sites for hydroxylation is 3. The van der Waals surface area contributed by atoms with Crippen LogP contribution in [0.1, 0.15) is 16.7 Å². The molecule has 4 aromatic rings. The number of anilines is 1. The Morgan fingerprint density at radius 1 is 0.857 bits per heavy atom. The Bertz CT molecular complexity index is 1330. The lowest BCUT2D eigenvalue weighted by Gasteiger charge is -2.35. The van der Waals surface area contributed by atoms with Crippen LogP contribution in [0.4, 0.5) is 5.82 Å². The lowest BCUT2D eigenvalue weighted by atomic mass is 10.0. The van der Waals surface area contributed by atoms with Crippen LogP contribution in [0, 0.1) is 20.8 Å². The van der Waals surface area contributed by atoms with E-state index in [1.165, 1.54) is 16.3 Å². The van der Waals surface area contributed by atoms with Gasteiger partial charge in [0.25, 0.3) is 5.91 Å². The molecule has 0 saturated carbocycles. The normalized spacial score (nSPS) is 13.8. The van der Waals surface area contributed by atoms with Gasteiger partial charge in [0.15, 0.2) is 12.4 Å². The molecule has 3 aromatic carbocycles. The molecule has 0 spiro atoms. The molecule has 6 heteroatoms. The number of carbonyl (C=O) groups is 1. The largest absolute Gasteiger partial charge is 0.483 e. The number of benzene rings is 3. The van der Waals surface area contributed by atoms with Crippen molar-refractivity contribution in [3.05, 3.63) is 83.4 Å². The molecule has 0 unspecified atom stereocenters. The summed E-state index contributed by atoms with van der Waals surface area (Å²) in [6.07, 6.45) is 0. The summed E-state index contributed by atoms with van der Waals surface area (Å²) >= 11 is 0. The van der Waals surface area contributed by atoms with E-state index < -0.39 is 0 Å². The first-order chi connectivity index (χ1) is 17.0. The van der Waals surface area contributed by atoms with Crippen molar-refractivity contribution in [3.63, 3.8) is 0 Å². The fourth-order valence-electron chi connectivity index (χ4n) is 4.89. The molecule has 1 aliphatic heterocycles. The average Bonchev–Trinajstić information content (AvgIpc) is 2.88. The van der Waals surface area contributed by atoms with E-state index in [9.17, 15) is 4.79 Å². The van der Waals surface area contributed by atoms with Crippen LogP contribution in [-0.2, 0) is 4.79 Å². The molecule has 1 saturated heterocycles. The highest BCUT2D eigenvalue weighted by Gasteiger charge is 2.23. The van der Waals surface area contributed by atoms with Gasteiger partial charge in [0.05, 0.1) is 5.69 Å². The first-order valence-corrected chi connectivity index (χ1v) is 12.0. The van der Waals surface area contributed by atoms with Gasteiger partial charge in [0, 0.05) is 31.7 Å². The van der Waals surface area contributed by atoms with E-state index in [0.29, 0.717) is 13.1 Å². The number of hydrogen-bond acceptors (Lipinski definition) is 5. The maximum absolute atomic E-state index is 12.8. The smallest absolute Gasteiger partial charge is 0.260 e. The molecule has 1 aliphatic rings. The molecule has 0 radical (unpaired) electrons. The van der Waals surface area contributed by atoms with Crippen LogP contribution in [0.2, 0.25) is 0 Å². The van der Waals surface area contributed by atoms with E-state index in [-0.39, 0.29) is 12.5 Å². The Morgan fingerprint density at radius 2 is 1.57 bits per heavy atom. The summed E-state index contributed by atoms with van der Waals surface area (Å²) in [5.74, 6) is 1.66. The van der Waals surface area contributed by atoms with Gasteiger partial charge in [-0.1, -0.05) is 60.2 Å². The summed E-state index contributed by atoms with van der Waals surface area (Å²) in [6.45, 7) is 8.88. The fourth-order valence-corrected chi connectivity index (χ4v) is 4.89. The SMILES string of the molecule is Cc1cc(C)c(OCC(=O)N2CCN(c3ccc(-c4cccc5ccccc45)nn3)CC2)c(C)c1. The topological polar surface area (TPSA) is 58.6 Å². The van der Waals surface area contributed by atoms with E-state index >= 15 is 0 Å². The van der Waals surface area contributed by atoms with E-state index in [2.05, 4.69) is 64.5 Å². The molecule has 5 rings (SSSR count). The number of aromatic nitrogens is 2. The summed E-state index contributed by atoms with van der Waals surface area (Å²) in [5, 5.41) is 11.4. The first kappa shape index (κ1) is 22.8. The lowest BCUT2D eigenvalue weighted by Crippen LogP contribution is -2.50. The average molecular weight is 467 g/mol. The molecular formula is C29H30N4O2. The van der Waals surface area contributed by atoms with Crippen molar-refractivity contribution in [3.8, 4) is 17.0 Å². The summed E-state index contributed by atoms with van der Waals surface area (Å²) in [6, 6.07) is 22.8. The minimum absolute atomic E-state index is 0.0152. The van der Waals surface area contributed by atoms with E-state index in [1.54, 1.807) is 0 Å². The summed E-state index contributed by atoms with van der Waals surface area (Å²) < 4.78 is 5.91. The maximum atomic E-state index is 12.8. The Labute approximate surface area is 206 Å². The number of carbonyl (C=O) groups excluding carboxylic acids is 1. The highest BCUT2D eigenvalue weighted by molar-refractivity contribution is 5.95. The van der Waals surface area contributed by atoms with Crippen molar-refractivity contribution in [2.75, 3.05) is 37.7 Å². The van der Waals surface area contributed by atoms with E-state index in [1.807, 2.05) is 43.0 Å². The number of amides is 1. The molecule has 1 fully saturated rings. The fraction of sp³-hybridized carbons (Fsp3) is 0.276. The molecule has 2 heterocycles. The van der Waals surface area contributed by atoms with Crippen molar-refractivity contribution in [1.82, 2.24) is 15.1 Å². The predicted octanol–water partition coefficient (Wildman–Crippen LogP) is 4.95. The lowest BCUT2D eigenvalue weighted by molar-refractivity contribution is -0.133. The second kappa shape index (κ2) is 9.74. The Hall–Kier alpha value is -3.93. The number of fused-ring (bicyclic) bond motifs is 1. The predicted molar refractivity (Wildman–Crippen MR) is 140 cm³/mol. The van der Waals surface area contributed by atoms with Crippen LogP contribution >= 0.6 is 0 Å². The van der Waals surface area contributed by atoms with Gasteiger partial charge in [-0.05, 0) is 54.8 Å². The number of ether oxygens (including phenoxy) is 1. The highest BCUT2D eigenvalue weighted by Crippen LogP contribution is 2.28. The van der Waals surface area contributed by atoms with Crippen molar-refractivity contribution in [2.24, 2.45) is 0 Å². The Kier molecular flexibility index (Phi) is 6.36. The van der Waals surface area contributed by atoms with Crippen molar-refractivity contribution in [1.29, 1.82) is 0 Å². The van der Waals surface area contributed by atoms with Gasteiger partial charge >= 0.3 is 0 Å². The summed E-state index contributed by atoms with van der Waals surface area (Å²) in [5.41, 5.74) is 5.26. The van der Waals surface area contributed by atoms with Gasteiger partial charge < -0.3 is 14.5 Å². The van der Waals surface area contributed by atoms with Gasteiger partial charge in [-0.2, -0.15) is 0 Å². The van der Waals surface area contributed by atoms with Gasteiger partial charge in [-0.25, -0.2) is 0 Å². The van der Waals surface area contributed by atoms with Crippen molar-refractivity contribution >= 4 is 22.5 Å². The molecule has 1 aromatic heterocycles. The molecule has 1 amide bonds. The van der Waals surface area contributed by atoms with Crippen LogP contribution < -0.4 is 9.64 Å². The number of rotatable bonds is 5. The Balaban J connectivity index is 1.19. The van der Waals surface area contributed by atoms with Crippen LogP contribution in [-0.4, -0.2) is 53.8 Å². The molecule has 0 bridgehead atoms. The van der Waals surface area contributed by atoms with E-state index in [0.717, 1.165) is 47.0 Å².